The minimum Gasteiger partial charge on any atom is -0.493 e. The van der Waals surface area contributed by atoms with Gasteiger partial charge in [0.2, 0.25) is 0 Å². The molecule has 11 heteroatoms. The molecule has 1 saturated heterocycles. The van der Waals surface area contributed by atoms with Crippen LogP contribution in [0.25, 0.3) is 0 Å². The van der Waals surface area contributed by atoms with Crippen LogP contribution in [0.3, 0.4) is 0 Å². The molecule has 1 aliphatic rings. The SMILES string of the molecule is COc1cc(C(=O)N2CCC(c3ccccc3Cl)S(=O)(=O)CC2)c([N+](=O)[O-])cc1OC. The molecule has 2 aromatic carbocycles. The normalized spacial score (nSPS) is 18.2. The lowest BCUT2D eigenvalue weighted by molar-refractivity contribution is -0.385. The van der Waals surface area contributed by atoms with Gasteiger partial charge in [-0.1, -0.05) is 29.8 Å². The highest BCUT2D eigenvalue weighted by molar-refractivity contribution is 7.91. The Morgan fingerprint density at radius 3 is 2.42 bits per heavy atom. The summed E-state index contributed by atoms with van der Waals surface area (Å²) in [7, 11) is -0.908. The van der Waals surface area contributed by atoms with E-state index in [4.69, 9.17) is 21.1 Å². The van der Waals surface area contributed by atoms with Gasteiger partial charge in [0.1, 0.15) is 5.56 Å². The molecule has 0 bridgehead atoms. The zero-order chi connectivity index (χ0) is 22.8. The molecule has 0 aliphatic carbocycles. The number of methoxy groups -OCH3 is 2. The number of rotatable bonds is 5. The Balaban J connectivity index is 1.95. The molecule has 1 atom stereocenters. The molecule has 0 radical (unpaired) electrons. The largest absolute Gasteiger partial charge is 0.493 e. The summed E-state index contributed by atoms with van der Waals surface area (Å²) in [5.74, 6) is -0.658. The number of ether oxygens (including phenoxy) is 2. The molecule has 1 amide bonds. The molecule has 0 N–H and O–H groups in total. The maximum atomic E-state index is 13.2. The van der Waals surface area contributed by atoms with Crippen LogP contribution in [0.4, 0.5) is 5.69 Å². The number of halogens is 1. The Labute approximate surface area is 184 Å². The van der Waals surface area contributed by atoms with E-state index in [1.807, 2.05) is 0 Å². The van der Waals surface area contributed by atoms with Crippen LogP contribution in [-0.4, -0.2) is 57.2 Å². The highest BCUT2D eigenvalue weighted by Gasteiger charge is 2.35. The second-order valence-corrected chi connectivity index (χ2v) is 9.65. The Kier molecular flexibility index (Phi) is 6.71. The molecule has 0 spiro atoms. The van der Waals surface area contributed by atoms with E-state index in [-0.39, 0.29) is 42.3 Å². The predicted molar refractivity (Wildman–Crippen MR) is 115 cm³/mol. The van der Waals surface area contributed by atoms with Gasteiger partial charge in [-0.2, -0.15) is 0 Å². The molecular weight excluding hydrogens is 448 g/mol. The summed E-state index contributed by atoms with van der Waals surface area (Å²) in [6.07, 6.45) is 0.124. The van der Waals surface area contributed by atoms with Gasteiger partial charge in [-0.25, -0.2) is 8.42 Å². The minimum atomic E-state index is -3.59. The van der Waals surface area contributed by atoms with E-state index in [2.05, 4.69) is 0 Å². The Bertz CT molecular complexity index is 1120. The summed E-state index contributed by atoms with van der Waals surface area (Å²) in [5, 5.41) is 11.0. The predicted octanol–water partition coefficient (Wildman–Crippen LogP) is 3.27. The van der Waals surface area contributed by atoms with Crippen molar-refractivity contribution in [2.45, 2.75) is 11.7 Å². The number of benzene rings is 2. The Morgan fingerprint density at radius 2 is 1.81 bits per heavy atom. The fourth-order valence-corrected chi connectivity index (χ4v) is 5.74. The van der Waals surface area contributed by atoms with Gasteiger partial charge in [0.15, 0.2) is 21.3 Å². The number of nitrogens with zero attached hydrogens (tertiary/aromatic N) is 2. The van der Waals surface area contributed by atoms with Gasteiger partial charge in [-0.15, -0.1) is 0 Å². The van der Waals surface area contributed by atoms with Gasteiger partial charge in [0.05, 0.1) is 36.2 Å². The van der Waals surface area contributed by atoms with Crippen LogP contribution >= 0.6 is 11.6 Å². The maximum absolute atomic E-state index is 13.2. The number of amides is 1. The number of hydrogen-bond donors (Lipinski definition) is 0. The topological polar surface area (TPSA) is 116 Å². The third-order valence-corrected chi connectivity index (χ3v) is 7.66. The molecule has 1 fully saturated rings. The van der Waals surface area contributed by atoms with Crippen molar-refractivity contribution in [2.24, 2.45) is 0 Å². The first-order chi connectivity index (χ1) is 14.7. The van der Waals surface area contributed by atoms with Gasteiger partial charge in [0, 0.05) is 24.2 Å². The summed E-state index contributed by atoms with van der Waals surface area (Å²) in [6.45, 7) is 0.00701. The van der Waals surface area contributed by atoms with Gasteiger partial charge in [-0.05, 0) is 18.1 Å². The van der Waals surface area contributed by atoms with Crippen molar-refractivity contribution < 1.29 is 27.6 Å². The summed E-state index contributed by atoms with van der Waals surface area (Å²) in [5.41, 5.74) is -0.163. The first-order valence-corrected chi connectivity index (χ1v) is 11.4. The van der Waals surface area contributed by atoms with Crippen LogP contribution in [0.1, 0.15) is 27.6 Å². The minimum absolute atomic E-state index is 0.0897. The number of hydrogen-bond acceptors (Lipinski definition) is 7. The average molecular weight is 469 g/mol. The van der Waals surface area contributed by atoms with E-state index in [1.54, 1.807) is 24.3 Å². The quantitative estimate of drug-likeness (QED) is 0.488. The van der Waals surface area contributed by atoms with Crippen molar-refractivity contribution in [1.29, 1.82) is 0 Å². The van der Waals surface area contributed by atoms with Gasteiger partial charge in [0.25, 0.3) is 11.6 Å². The first-order valence-electron chi connectivity index (χ1n) is 9.35. The lowest BCUT2D eigenvalue weighted by Crippen LogP contribution is -2.34. The lowest BCUT2D eigenvalue weighted by atomic mass is 10.1. The van der Waals surface area contributed by atoms with Crippen molar-refractivity contribution in [3.63, 3.8) is 0 Å². The number of nitro benzene ring substituents is 1. The van der Waals surface area contributed by atoms with Crippen molar-refractivity contribution in [1.82, 2.24) is 4.90 Å². The van der Waals surface area contributed by atoms with Crippen molar-refractivity contribution in [2.75, 3.05) is 33.1 Å². The summed E-state index contributed by atoms with van der Waals surface area (Å²) < 4.78 is 36.0. The molecular formula is C20H21ClN2O7S. The molecule has 166 valence electrons. The molecule has 0 aromatic heterocycles. The standard InChI is InChI=1S/C20H21ClN2O7S/c1-29-17-11-14(16(23(25)26)12-18(17)30-2)20(24)22-8-7-19(31(27,28)10-9-22)13-5-3-4-6-15(13)21/h3-6,11-12,19H,7-10H2,1-2H3. The first kappa shape index (κ1) is 22.8. The van der Waals surface area contributed by atoms with Gasteiger partial charge < -0.3 is 14.4 Å². The second-order valence-electron chi connectivity index (χ2n) is 6.94. The van der Waals surface area contributed by atoms with E-state index in [1.165, 1.54) is 25.2 Å². The average Bonchev–Trinajstić information content (AvgIpc) is 2.90. The molecule has 31 heavy (non-hydrogen) atoms. The second kappa shape index (κ2) is 9.11. The van der Waals surface area contributed by atoms with E-state index in [0.29, 0.717) is 10.6 Å². The smallest absolute Gasteiger partial charge is 0.286 e. The van der Waals surface area contributed by atoms with Crippen molar-refractivity contribution in [3.8, 4) is 11.5 Å². The summed E-state index contributed by atoms with van der Waals surface area (Å²) >= 11 is 6.20. The number of carbonyl (C=O) groups excluding carboxylic acids is 1. The molecule has 1 aliphatic heterocycles. The fraction of sp³-hybridized carbons (Fsp3) is 0.350. The highest BCUT2D eigenvalue weighted by Crippen LogP contribution is 2.37. The fourth-order valence-electron chi connectivity index (χ4n) is 3.59. The molecule has 3 rings (SSSR count). The molecule has 0 saturated carbocycles. The monoisotopic (exact) mass is 468 g/mol. The number of carbonyl (C=O) groups is 1. The van der Waals surface area contributed by atoms with Crippen LogP contribution in [0.2, 0.25) is 5.02 Å². The highest BCUT2D eigenvalue weighted by atomic mass is 35.5. The van der Waals surface area contributed by atoms with Crippen LogP contribution < -0.4 is 9.47 Å². The molecule has 9 nitrogen and oxygen atoms in total. The number of nitro groups is 1. The van der Waals surface area contributed by atoms with Crippen LogP contribution in [0, 0.1) is 10.1 Å². The summed E-state index contributed by atoms with van der Waals surface area (Å²) in [6, 6.07) is 9.05. The van der Waals surface area contributed by atoms with E-state index in [9.17, 15) is 23.3 Å². The third-order valence-electron chi connectivity index (χ3n) is 5.21. The third kappa shape index (κ3) is 4.59. The lowest BCUT2D eigenvalue weighted by Gasteiger charge is -2.21. The Morgan fingerprint density at radius 1 is 1.16 bits per heavy atom. The zero-order valence-corrected chi connectivity index (χ0v) is 18.5. The van der Waals surface area contributed by atoms with Crippen molar-refractivity contribution >= 4 is 33.0 Å². The number of sulfone groups is 1. The van der Waals surface area contributed by atoms with E-state index >= 15 is 0 Å². The maximum Gasteiger partial charge on any atom is 0.286 e. The zero-order valence-electron chi connectivity index (χ0n) is 16.9. The summed E-state index contributed by atoms with van der Waals surface area (Å²) in [4.78, 5) is 25.3. The molecule has 1 unspecified atom stereocenters. The van der Waals surface area contributed by atoms with Gasteiger partial charge in [-0.3, -0.25) is 14.9 Å². The van der Waals surface area contributed by atoms with E-state index in [0.717, 1.165) is 6.07 Å². The van der Waals surface area contributed by atoms with Crippen molar-refractivity contribution in [3.05, 3.63) is 62.7 Å². The van der Waals surface area contributed by atoms with Crippen LogP contribution in [-0.2, 0) is 9.84 Å². The van der Waals surface area contributed by atoms with Crippen LogP contribution in [0.5, 0.6) is 11.5 Å². The van der Waals surface area contributed by atoms with Gasteiger partial charge >= 0.3 is 0 Å². The Hall–Kier alpha value is -2.85. The molecule has 1 heterocycles. The van der Waals surface area contributed by atoms with E-state index < -0.39 is 31.6 Å². The molecule has 2 aromatic rings. The van der Waals surface area contributed by atoms with Crippen LogP contribution in [0.15, 0.2) is 36.4 Å².